The zero-order valence-corrected chi connectivity index (χ0v) is 10.7. The fourth-order valence-corrected chi connectivity index (χ4v) is 2.42. The molecule has 0 aromatic heterocycles. The lowest BCUT2D eigenvalue weighted by atomic mass is 9.95. The number of nitrogens with zero attached hydrogens (tertiary/aromatic N) is 1. The number of amides is 1. The molecule has 1 amide bonds. The van der Waals surface area contributed by atoms with Crippen LogP contribution in [0.4, 0.5) is 4.39 Å². The Labute approximate surface area is 107 Å². The van der Waals surface area contributed by atoms with Gasteiger partial charge >= 0.3 is 0 Å². The Morgan fingerprint density at radius 3 is 2.67 bits per heavy atom. The molecule has 0 aliphatic carbocycles. The van der Waals surface area contributed by atoms with Crippen molar-refractivity contribution in [1.29, 1.82) is 0 Å². The summed E-state index contributed by atoms with van der Waals surface area (Å²) in [5.41, 5.74) is 0.732. The summed E-state index contributed by atoms with van der Waals surface area (Å²) in [5.74, 6) is 0.0957. The minimum atomic E-state index is -0.147. The maximum atomic E-state index is 13.5. The minimum Gasteiger partial charge on any atom is -0.359 e. The average molecular weight is 250 g/mol. The van der Waals surface area contributed by atoms with Crippen LogP contribution in [0.15, 0.2) is 24.3 Å². The van der Waals surface area contributed by atoms with E-state index in [4.69, 9.17) is 0 Å². The Hall–Kier alpha value is -1.42. The summed E-state index contributed by atoms with van der Waals surface area (Å²) >= 11 is 0. The number of nitrogens with one attached hydrogen (secondary N) is 1. The first-order valence-electron chi connectivity index (χ1n) is 6.38. The molecule has 1 aliphatic rings. The number of hydrogen-bond acceptors (Lipinski definition) is 2. The van der Waals surface area contributed by atoms with Gasteiger partial charge in [0, 0.05) is 25.1 Å². The molecule has 2 rings (SSSR count). The van der Waals surface area contributed by atoms with E-state index in [0.29, 0.717) is 6.54 Å². The lowest BCUT2D eigenvalue weighted by Crippen LogP contribution is -2.39. The number of likely N-dealkylation sites (tertiary alicyclic amines) is 1. The number of benzene rings is 1. The van der Waals surface area contributed by atoms with Crippen molar-refractivity contribution in [2.75, 3.05) is 20.1 Å². The van der Waals surface area contributed by atoms with E-state index in [2.05, 4.69) is 10.2 Å². The van der Waals surface area contributed by atoms with E-state index < -0.39 is 0 Å². The van der Waals surface area contributed by atoms with E-state index in [-0.39, 0.29) is 17.6 Å². The molecule has 18 heavy (non-hydrogen) atoms. The van der Waals surface area contributed by atoms with Gasteiger partial charge in [0.2, 0.25) is 5.91 Å². The summed E-state index contributed by atoms with van der Waals surface area (Å²) in [6.07, 6.45) is 1.71. The highest BCUT2D eigenvalue weighted by molar-refractivity contribution is 5.78. The molecule has 0 radical (unpaired) electrons. The summed E-state index contributed by atoms with van der Waals surface area (Å²) in [6, 6.07) is 6.87. The van der Waals surface area contributed by atoms with Gasteiger partial charge in [-0.2, -0.15) is 0 Å². The number of halogens is 1. The summed E-state index contributed by atoms with van der Waals surface area (Å²) in [7, 11) is 1.67. The largest absolute Gasteiger partial charge is 0.359 e. The van der Waals surface area contributed by atoms with E-state index in [9.17, 15) is 9.18 Å². The van der Waals surface area contributed by atoms with Crippen molar-refractivity contribution in [2.24, 2.45) is 5.92 Å². The third-order valence-electron chi connectivity index (χ3n) is 3.56. The lowest BCUT2D eigenvalue weighted by molar-refractivity contribution is -0.125. The van der Waals surface area contributed by atoms with Gasteiger partial charge < -0.3 is 5.32 Å². The monoisotopic (exact) mass is 250 g/mol. The third kappa shape index (κ3) is 3.07. The fourth-order valence-electron chi connectivity index (χ4n) is 2.42. The second-order valence-corrected chi connectivity index (χ2v) is 4.76. The molecule has 4 heteroatoms. The van der Waals surface area contributed by atoms with Gasteiger partial charge in [-0.05, 0) is 32.0 Å². The van der Waals surface area contributed by atoms with E-state index in [1.165, 1.54) is 6.07 Å². The van der Waals surface area contributed by atoms with Crippen LogP contribution in [-0.2, 0) is 11.3 Å². The molecular formula is C14H19FN2O. The Morgan fingerprint density at radius 1 is 1.39 bits per heavy atom. The molecule has 1 heterocycles. The van der Waals surface area contributed by atoms with Gasteiger partial charge in [0.1, 0.15) is 5.82 Å². The first-order chi connectivity index (χ1) is 8.70. The Balaban J connectivity index is 1.87. The van der Waals surface area contributed by atoms with Crippen molar-refractivity contribution >= 4 is 5.91 Å². The number of piperidine rings is 1. The van der Waals surface area contributed by atoms with Crippen LogP contribution in [0.25, 0.3) is 0 Å². The van der Waals surface area contributed by atoms with Gasteiger partial charge in [0.05, 0.1) is 0 Å². The van der Waals surface area contributed by atoms with E-state index in [1.54, 1.807) is 13.1 Å². The number of hydrogen-bond donors (Lipinski definition) is 1. The van der Waals surface area contributed by atoms with Gasteiger partial charge in [0.15, 0.2) is 0 Å². The van der Waals surface area contributed by atoms with E-state index in [1.807, 2.05) is 12.1 Å². The van der Waals surface area contributed by atoms with Crippen molar-refractivity contribution in [3.05, 3.63) is 35.6 Å². The predicted octanol–water partition coefficient (Wildman–Crippen LogP) is 1.78. The fraction of sp³-hybridized carbons (Fsp3) is 0.500. The van der Waals surface area contributed by atoms with Gasteiger partial charge in [-0.3, -0.25) is 9.69 Å². The minimum absolute atomic E-state index is 0.117. The maximum absolute atomic E-state index is 13.5. The zero-order chi connectivity index (χ0) is 13.0. The first kappa shape index (κ1) is 13.0. The van der Waals surface area contributed by atoms with Crippen LogP contribution in [0.5, 0.6) is 0 Å². The summed E-state index contributed by atoms with van der Waals surface area (Å²) in [6.45, 7) is 2.34. The maximum Gasteiger partial charge on any atom is 0.222 e. The normalized spacial score (nSPS) is 17.7. The summed E-state index contributed by atoms with van der Waals surface area (Å²) in [4.78, 5) is 13.7. The van der Waals surface area contributed by atoms with Crippen molar-refractivity contribution in [3.8, 4) is 0 Å². The number of rotatable bonds is 3. The Kier molecular flexibility index (Phi) is 4.31. The molecule has 0 unspecified atom stereocenters. The van der Waals surface area contributed by atoms with Gasteiger partial charge in [-0.15, -0.1) is 0 Å². The van der Waals surface area contributed by atoms with Crippen LogP contribution in [-0.4, -0.2) is 30.9 Å². The van der Waals surface area contributed by atoms with Crippen LogP contribution >= 0.6 is 0 Å². The van der Waals surface area contributed by atoms with E-state index in [0.717, 1.165) is 31.5 Å². The summed E-state index contributed by atoms with van der Waals surface area (Å²) < 4.78 is 13.5. The summed E-state index contributed by atoms with van der Waals surface area (Å²) in [5, 5.41) is 2.69. The molecular weight excluding hydrogens is 231 g/mol. The Morgan fingerprint density at radius 2 is 2.06 bits per heavy atom. The van der Waals surface area contributed by atoms with Crippen molar-refractivity contribution in [2.45, 2.75) is 19.4 Å². The number of carbonyl (C=O) groups excluding carboxylic acids is 1. The highest BCUT2D eigenvalue weighted by Crippen LogP contribution is 2.19. The third-order valence-corrected chi connectivity index (χ3v) is 3.56. The van der Waals surface area contributed by atoms with Gasteiger partial charge in [0.25, 0.3) is 0 Å². The molecule has 0 bridgehead atoms. The van der Waals surface area contributed by atoms with Crippen LogP contribution < -0.4 is 5.32 Å². The molecule has 98 valence electrons. The molecule has 1 aromatic carbocycles. The van der Waals surface area contributed by atoms with Crippen molar-refractivity contribution in [1.82, 2.24) is 10.2 Å². The molecule has 0 atom stereocenters. The highest BCUT2D eigenvalue weighted by atomic mass is 19.1. The topological polar surface area (TPSA) is 32.3 Å². The molecule has 1 saturated heterocycles. The SMILES string of the molecule is CNC(=O)C1CCN(Cc2ccccc2F)CC1. The second kappa shape index (κ2) is 5.96. The van der Waals surface area contributed by atoms with Crippen molar-refractivity contribution < 1.29 is 9.18 Å². The zero-order valence-electron chi connectivity index (χ0n) is 10.7. The van der Waals surface area contributed by atoms with Crippen LogP contribution in [0.3, 0.4) is 0 Å². The molecule has 0 spiro atoms. The molecule has 0 saturated carbocycles. The lowest BCUT2D eigenvalue weighted by Gasteiger charge is -2.31. The molecule has 3 nitrogen and oxygen atoms in total. The first-order valence-corrected chi connectivity index (χ1v) is 6.38. The quantitative estimate of drug-likeness (QED) is 0.887. The second-order valence-electron chi connectivity index (χ2n) is 4.76. The van der Waals surface area contributed by atoms with Gasteiger partial charge in [-0.25, -0.2) is 4.39 Å². The highest BCUT2D eigenvalue weighted by Gasteiger charge is 2.24. The molecule has 1 N–H and O–H groups in total. The molecule has 1 aliphatic heterocycles. The van der Waals surface area contributed by atoms with E-state index >= 15 is 0 Å². The molecule has 1 aromatic rings. The average Bonchev–Trinajstić information content (AvgIpc) is 2.41. The Bertz CT molecular complexity index is 414. The van der Waals surface area contributed by atoms with Crippen LogP contribution in [0.2, 0.25) is 0 Å². The predicted molar refractivity (Wildman–Crippen MR) is 68.5 cm³/mol. The van der Waals surface area contributed by atoms with Crippen LogP contribution in [0, 0.1) is 11.7 Å². The molecule has 1 fully saturated rings. The van der Waals surface area contributed by atoms with Crippen LogP contribution in [0.1, 0.15) is 18.4 Å². The van der Waals surface area contributed by atoms with Crippen molar-refractivity contribution in [3.63, 3.8) is 0 Å². The number of carbonyl (C=O) groups is 1. The smallest absolute Gasteiger partial charge is 0.222 e. The van der Waals surface area contributed by atoms with Gasteiger partial charge in [-0.1, -0.05) is 18.2 Å². The standard InChI is InChI=1S/C14H19FN2O/c1-16-14(18)11-6-8-17(9-7-11)10-12-4-2-3-5-13(12)15/h2-5,11H,6-10H2,1H3,(H,16,18).